The Morgan fingerprint density at radius 1 is 1.46 bits per heavy atom. The number of hydrogen-bond acceptors (Lipinski definition) is 2. The first-order chi connectivity index (χ1) is 6.13. The quantitative estimate of drug-likeness (QED) is 0.670. The van der Waals surface area contributed by atoms with Crippen LogP contribution in [-0.4, -0.2) is 12.4 Å². The van der Waals surface area contributed by atoms with Crippen molar-refractivity contribution in [1.82, 2.24) is 0 Å². The lowest BCUT2D eigenvalue weighted by atomic mass is 9.92. The molecule has 2 heteroatoms. The molecule has 0 aromatic rings. The summed E-state index contributed by atoms with van der Waals surface area (Å²) < 4.78 is 5.32. The van der Waals surface area contributed by atoms with E-state index in [0.29, 0.717) is 18.3 Å². The first-order valence-electron chi connectivity index (χ1n) is 5.00. The van der Waals surface area contributed by atoms with Crippen molar-refractivity contribution in [2.45, 2.75) is 33.6 Å². The van der Waals surface area contributed by atoms with Crippen LogP contribution in [0.25, 0.3) is 0 Å². The van der Waals surface area contributed by atoms with E-state index in [1.165, 1.54) is 0 Å². The van der Waals surface area contributed by atoms with Gasteiger partial charge in [-0.15, -0.1) is 0 Å². The van der Waals surface area contributed by atoms with Crippen molar-refractivity contribution < 1.29 is 9.53 Å². The Morgan fingerprint density at radius 2 is 2.15 bits per heavy atom. The average molecular weight is 182 g/mol. The van der Waals surface area contributed by atoms with E-state index >= 15 is 0 Å². The molecule has 0 aromatic carbocycles. The van der Waals surface area contributed by atoms with E-state index < -0.39 is 0 Å². The lowest BCUT2D eigenvalue weighted by Crippen LogP contribution is -2.21. The van der Waals surface area contributed by atoms with E-state index in [-0.39, 0.29) is 11.7 Å². The molecule has 0 spiro atoms. The maximum Gasteiger partial charge on any atom is 0.200 e. The van der Waals surface area contributed by atoms with Crippen molar-refractivity contribution in [3.8, 4) is 0 Å². The van der Waals surface area contributed by atoms with Crippen LogP contribution < -0.4 is 0 Å². The normalized spacial score (nSPS) is 19.2. The van der Waals surface area contributed by atoms with Crippen molar-refractivity contribution in [2.75, 3.05) is 6.61 Å². The summed E-state index contributed by atoms with van der Waals surface area (Å²) in [6.45, 7) is 6.78. The van der Waals surface area contributed by atoms with Crippen molar-refractivity contribution >= 4 is 5.78 Å². The molecule has 13 heavy (non-hydrogen) atoms. The van der Waals surface area contributed by atoms with Crippen LogP contribution >= 0.6 is 0 Å². The Kier molecular flexibility index (Phi) is 3.52. The number of allylic oxidation sites excluding steroid dienone is 2. The summed E-state index contributed by atoms with van der Waals surface area (Å²) in [7, 11) is 0. The molecule has 1 rings (SSSR count). The van der Waals surface area contributed by atoms with Gasteiger partial charge in [-0.05, 0) is 24.8 Å². The van der Waals surface area contributed by atoms with Crippen molar-refractivity contribution in [1.29, 1.82) is 0 Å². The molecule has 1 aliphatic heterocycles. The highest BCUT2D eigenvalue weighted by molar-refractivity contribution is 5.95. The van der Waals surface area contributed by atoms with Crippen LogP contribution in [0.4, 0.5) is 0 Å². The number of carbonyl (C=O) groups excluding carboxylic acids is 1. The van der Waals surface area contributed by atoms with Crippen LogP contribution in [0.3, 0.4) is 0 Å². The molecule has 0 fully saturated rings. The summed E-state index contributed by atoms with van der Waals surface area (Å²) in [6.07, 6.45) is 3.93. The minimum Gasteiger partial charge on any atom is -0.490 e. The third-order valence-electron chi connectivity index (χ3n) is 2.59. The Bertz CT molecular complexity index is 216. The van der Waals surface area contributed by atoms with Crippen molar-refractivity contribution in [3.05, 3.63) is 11.8 Å². The molecular weight excluding hydrogens is 164 g/mol. The minimum absolute atomic E-state index is 0.0735. The summed E-state index contributed by atoms with van der Waals surface area (Å²) in [5.74, 6) is 1.21. The molecule has 2 nitrogen and oxygen atoms in total. The average Bonchev–Trinajstić information content (AvgIpc) is 2.17. The van der Waals surface area contributed by atoms with E-state index in [2.05, 4.69) is 13.8 Å². The molecule has 0 amide bonds. The van der Waals surface area contributed by atoms with Crippen LogP contribution in [0.5, 0.6) is 0 Å². The predicted octanol–water partition coefficient (Wildman–Crippen LogP) is 2.54. The van der Waals surface area contributed by atoms with Gasteiger partial charge >= 0.3 is 0 Å². The van der Waals surface area contributed by atoms with Crippen LogP contribution in [0, 0.1) is 11.8 Å². The van der Waals surface area contributed by atoms with Crippen LogP contribution in [0.2, 0.25) is 0 Å². The highest BCUT2D eigenvalue weighted by atomic mass is 16.5. The minimum atomic E-state index is 0.0735. The van der Waals surface area contributed by atoms with Crippen LogP contribution in [-0.2, 0) is 9.53 Å². The molecule has 1 aliphatic rings. The molecule has 74 valence electrons. The molecule has 1 atom stereocenters. The molecule has 0 radical (unpaired) electrons. The molecule has 0 bridgehead atoms. The summed E-state index contributed by atoms with van der Waals surface area (Å²) >= 11 is 0. The van der Waals surface area contributed by atoms with Crippen LogP contribution in [0.1, 0.15) is 33.6 Å². The number of ether oxygens (including phenoxy) is 1. The Labute approximate surface area is 80.0 Å². The summed E-state index contributed by atoms with van der Waals surface area (Å²) in [4.78, 5) is 11.7. The highest BCUT2D eigenvalue weighted by Gasteiger charge is 2.22. The molecule has 0 aromatic heterocycles. The van der Waals surface area contributed by atoms with Gasteiger partial charge in [-0.25, -0.2) is 0 Å². The van der Waals surface area contributed by atoms with Gasteiger partial charge < -0.3 is 4.74 Å². The number of carbonyl (C=O) groups is 1. The first kappa shape index (κ1) is 10.3. The molecule has 1 heterocycles. The second-order valence-electron chi connectivity index (χ2n) is 3.96. The predicted molar refractivity (Wildman–Crippen MR) is 52.3 cm³/mol. The second kappa shape index (κ2) is 4.45. The van der Waals surface area contributed by atoms with Crippen molar-refractivity contribution in [2.24, 2.45) is 11.8 Å². The zero-order valence-electron chi connectivity index (χ0n) is 8.67. The monoisotopic (exact) mass is 182 g/mol. The SMILES string of the molecule is CC(C)C(C)C(=O)C1=CCCCO1. The maximum atomic E-state index is 11.7. The lowest BCUT2D eigenvalue weighted by Gasteiger charge is -2.19. The third-order valence-corrected chi connectivity index (χ3v) is 2.59. The van der Waals surface area contributed by atoms with E-state index in [4.69, 9.17) is 4.74 Å². The van der Waals surface area contributed by atoms with Gasteiger partial charge in [-0.3, -0.25) is 4.79 Å². The van der Waals surface area contributed by atoms with E-state index in [1.807, 2.05) is 13.0 Å². The fourth-order valence-corrected chi connectivity index (χ4v) is 1.26. The standard InChI is InChI=1S/C11H18O2/c1-8(2)9(3)11(12)10-6-4-5-7-13-10/h6,8-9H,4-5,7H2,1-3H3. The third kappa shape index (κ3) is 2.58. The van der Waals surface area contributed by atoms with Gasteiger partial charge in [0.1, 0.15) is 0 Å². The van der Waals surface area contributed by atoms with E-state index in [0.717, 1.165) is 12.8 Å². The molecule has 0 N–H and O–H groups in total. The largest absolute Gasteiger partial charge is 0.490 e. The molecule has 1 unspecified atom stereocenters. The summed E-state index contributed by atoms with van der Waals surface area (Å²) in [5, 5.41) is 0. The number of Topliss-reactive ketones (excluding diaryl/α,β-unsaturated/α-hetero) is 1. The van der Waals surface area contributed by atoms with Crippen molar-refractivity contribution in [3.63, 3.8) is 0 Å². The smallest absolute Gasteiger partial charge is 0.200 e. The fourth-order valence-electron chi connectivity index (χ4n) is 1.26. The van der Waals surface area contributed by atoms with Gasteiger partial charge in [-0.2, -0.15) is 0 Å². The molecular formula is C11H18O2. The zero-order chi connectivity index (χ0) is 9.84. The Morgan fingerprint density at radius 3 is 2.62 bits per heavy atom. The van der Waals surface area contributed by atoms with Gasteiger partial charge in [0.15, 0.2) is 11.5 Å². The number of rotatable bonds is 3. The lowest BCUT2D eigenvalue weighted by molar-refractivity contribution is -0.123. The topological polar surface area (TPSA) is 26.3 Å². The van der Waals surface area contributed by atoms with E-state index in [9.17, 15) is 4.79 Å². The number of hydrogen-bond donors (Lipinski definition) is 0. The maximum absolute atomic E-state index is 11.7. The van der Waals surface area contributed by atoms with Crippen LogP contribution in [0.15, 0.2) is 11.8 Å². The van der Waals surface area contributed by atoms with Gasteiger partial charge in [0, 0.05) is 5.92 Å². The van der Waals surface area contributed by atoms with E-state index in [1.54, 1.807) is 0 Å². The first-order valence-corrected chi connectivity index (χ1v) is 5.00. The second-order valence-corrected chi connectivity index (χ2v) is 3.96. The summed E-state index contributed by atoms with van der Waals surface area (Å²) in [5.41, 5.74) is 0. The molecule has 0 aliphatic carbocycles. The van der Waals surface area contributed by atoms with Gasteiger partial charge in [0.2, 0.25) is 0 Å². The molecule has 0 saturated carbocycles. The summed E-state index contributed by atoms with van der Waals surface area (Å²) in [6, 6.07) is 0. The Balaban J connectivity index is 2.60. The fraction of sp³-hybridized carbons (Fsp3) is 0.727. The van der Waals surface area contributed by atoms with Gasteiger partial charge in [0.25, 0.3) is 0 Å². The van der Waals surface area contributed by atoms with Gasteiger partial charge in [-0.1, -0.05) is 20.8 Å². The zero-order valence-corrected chi connectivity index (χ0v) is 8.67. The Hall–Kier alpha value is -0.790. The molecule has 0 saturated heterocycles. The highest BCUT2D eigenvalue weighted by Crippen LogP contribution is 2.19. The van der Waals surface area contributed by atoms with Gasteiger partial charge in [0.05, 0.1) is 6.61 Å². The number of ketones is 1.